The number of likely N-dealkylation sites (tertiary alicyclic amines) is 1. The van der Waals surface area contributed by atoms with Gasteiger partial charge in [-0.1, -0.05) is 13.3 Å². The van der Waals surface area contributed by atoms with Crippen molar-refractivity contribution >= 4 is 37.8 Å². The summed E-state index contributed by atoms with van der Waals surface area (Å²) in [6, 6.07) is 1.92. The van der Waals surface area contributed by atoms with E-state index in [1.165, 1.54) is 0 Å². The van der Waals surface area contributed by atoms with Crippen molar-refractivity contribution in [3.8, 4) is 0 Å². The summed E-state index contributed by atoms with van der Waals surface area (Å²) >= 11 is 6.69. The van der Waals surface area contributed by atoms with E-state index in [-0.39, 0.29) is 0 Å². The second-order valence-corrected chi connectivity index (χ2v) is 6.71. The second-order valence-electron chi connectivity index (χ2n) is 5.13. The van der Waals surface area contributed by atoms with Crippen LogP contribution in [0.2, 0.25) is 0 Å². The van der Waals surface area contributed by atoms with Crippen molar-refractivity contribution < 1.29 is 14.3 Å². The number of halogens is 2. The van der Waals surface area contributed by atoms with E-state index in [1.54, 1.807) is 0 Å². The van der Waals surface area contributed by atoms with E-state index in [9.17, 15) is 9.90 Å². The standard InChI is InChI=1S/C13H17Br2NO3/c1-2-3-13(12(17)18)4-5-16(8-13)7-9-6-10(14)11(15)19-9/h6H,2-5,7-8H2,1H3,(H,17,18). The number of nitrogens with zero attached hydrogens (tertiary/aromatic N) is 1. The molecule has 1 aromatic rings. The molecule has 1 aromatic heterocycles. The first kappa shape index (κ1) is 15.1. The molecule has 0 spiro atoms. The predicted molar refractivity (Wildman–Crippen MR) is 79.0 cm³/mol. The van der Waals surface area contributed by atoms with Gasteiger partial charge in [-0.25, -0.2) is 0 Å². The van der Waals surface area contributed by atoms with Crippen LogP contribution in [-0.4, -0.2) is 29.1 Å². The summed E-state index contributed by atoms with van der Waals surface area (Å²) in [7, 11) is 0. The van der Waals surface area contributed by atoms with E-state index in [0.717, 1.165) is 36.0 Å². The Morgan fingerprint density at radius 2 is 2.32 bits per heavy atom. The van der Waals surface area contributed by atoms with Gasteiger partial charge < -0.3 is 9.52 Å². The van der Waals surface area contributed by atoms with Gasteiger partial charge in [-0.3, -0.25) is 9.69 Å². The number of carbonyl (C=O) groups is 1. The Balaban J connectivity index is 2.03. The van der Waals surface area contributed by atoms with Crippen molar-refractivity contribution in [2.75, 3.05) is 13.1 Å². The fourth-order valence-electron chi connectivity index (χ4n) is 2.75. The van der Waals surface area contributed by atoms with E-state index < -0.39 is 11.4 Å². The fourth-order valence-corrected chi connectivity index (χ4v) is 3.41. The third-order valence-corrected chi connectivity index (χ3v) is 5.40. The molecule has 0 radical (unpaired) electrons. The molecular weight excluding hydrogens is 378 g/mol. The number of carboxylic acids is 1. The first-order valence-corrected chi connectivity index (χ1v) is 7.95. The van der Waals surface area contributed by atoms with Gasteiger partial charge in [0, 0.05) is 6.54 Å². The lowest BCUT2D eigenvalue weighted by atomic mass is 9.83. The average Bonchev–Trinajstić information content (AvgIpc) is 2.86. The molecule has 106 valence electrons. The van der Waals surface area contributed by atoms with Crippen LogP contribution in [0.3, 0.4) is 0 Å². The molecule has 1 saturated heterocycles. The number of rotatable bonds is 5. The maximum atomic E-state index is 11.5. The van der Waals surface area contributed by atoms with E-state index in [0.29, 0.717) is 17.8 Å². The van der Waals surface area contributed by atoms with E-state index in [2.05, 4.69) is 36.8 Å². The zero-order chi connectivity index (χ0) is 14.0. The number of hydrogen-bond donors (Lipinski definition) is 1. The lowest BCUT2D eigenvalue weighted by Gasteiger charge is -2.23. The normalized spacial score (nSPS) is 23.9. The molecule has 0 bridgehead atoms. The number of furan rings is 1. The van der Waals surface area contributed by atoms with Gasteiger partial charge in [-0.15, -0.1) is 0 Å². The SMILES string of the molecule is CCCC1(C(=O)O)CCN(Cc2cc(Br)c(Br)o2)C1. The van der Waals surface area contributed by atoms with E-state index in [4.69, 9.17) is 4.42 Å². The van der Waals surface area contributed by atoms with Crippen molar-refractivity contribution in [3.05, 3.63) is 21.0 Å². The molecule has 1 atom stereocenters. The summed E-state index contributed by atoms with van der Waals surface area (Å²) in [6.45, 7) is 4.10. The Hall–Kier alpha value is -0.330. The van der Waals surface area contributed by atoms with Crippen LogP contribution in [0, 0.1) is 5.41 Å². The molecule has 1 fully saturated rings. The Morgan fingerprint density at radius 1 is 1.58 bits per heavy atom. The van der Waals surface area contributed by atoms with Gasteiger partial charge in [0.25, 0.3) is 0 Å². The number of hydrogen-bond acceptors (Lipinski definition) is 3. The Labute approximate surface area is 129 Å². The van der Waals surface area contributed by atoms with Crippen molar-refractivity contribution in [2.45, 2.75) is 32.7 Å². The molecule has 6 heteroatoms. The van der Waals surface area contributed by atoms with Gasteiger partial charge in [0.05, 0.1) is 16.4 Å². The van der Waals surface area contributed by atoms with Gasteiger partial charge in [0.1, 0.15) is 5.76 Å². The summed E-state index contributed by atoms with van der Waals surface area (Å²) in [4.78, 5) is 13.7. The molecule has 1 aliphatic heterocycles. The first-order chi connectivity index (χ1) is 8.97. The third-order valence-electron chi connectivity index (χ3n) is 3.69. The molecule has 2 rings (SSSR count). The first-order valence-electron chi connectivity index (χ1n) is 6.36. The minimum Gasteiger partial charge on any atom is -0.481 e. The molecule has 19 heavy (non-hydrogen) atoms. The summed E-state index contributed by atoms with van der Waals surface area (Å²) in [5.41, 5.74) is -0.574. The smallest absolute Gasteiger partial charge is 0.310 e. The van der Waals surface area contributed by atoms with Crippen LogP contribution in [0.5, 0.6) is 0 Å². The maximum Gasteiger partial charge on any atom is 0.310 e. The van der Waals surface area contributed by atoms with Crippen molar-refractivity contribution in [1.29, 1.82) is 0 Å². The maximum absolute atomic E-state index is 11.5. The van der Waals surface area contributed by atoms with Gasteiger partial charge in [0.15, 0.2) is 4.67 Å². The van der Waals surface area contributed by atoms with Crippen molar-refractivity contribution in [2.24, 2.45) is 5.41 Å². The topological polar surface area (TPSA) is 53.7 Å². The van der Waals surface area contributed by atoms with Crippen LogP contribution >= 0.6 is 31.9 Å². The third kappa shape index (κ3) is 3.23. The van der Waals surface area contributed by atoms with Crippen LogP contribution < -0.4 is 0 Å². The second kappa shape index (κ2) is 5.97. The number of carboxylic acid groups (broad SMARTS) is 1. The molecule has 0 aromatic carbocycles. The Kier molecular flexibility index (Phi) is 4.74. The molecule has 0 aliphatic carbocycles. The van der Waals surface area contributed by atoms with Crippen LogP contribution in [0.25, 0.3) is 0 Å². The molecule has 2 heterocycles. The fraction of sp³-hybridized carbons (Fsp3) is 0.615. The Morgan fingerprint density at radius 3 is 2.84 bits per heavy atom. The zero-order valence-electron chi connectivity index (χ0n) is 10.8. The van der Waals surface area contributed by atoms with Gasteiger partial charge in [0.2, 0.25) is 0 Å². The van der Waals surface area contributed by atoms with Gasteiger partial charge in [-0.05, 0) is 57.3 Å². The highest BCUT2D eigenvalue weighted by molar-refractivity contribution is 9.13. The number of aliphatic carboxylic acids is 1. The molecule has 1 N–H and O–H groups in total. The van der Waals surface area contributed by atoms with Crippen molar-refractivity contribution in [3.63, 3.8) is 0 Å². The molecule has 0 amide bonds. The lowest BCUT2D eigenvalue weighted by molar-refractivity contribution is -0.148. The monoisotopic (exact) mass is 393 g/mol. The van der Waals surface area contributed by atoms with Crippen LogP contribution in [0.4, 0.5) is 0 Å². The predicted octanol–water partition coefficient (Wildman–Crippen LogP) is 3.88. The Bertz CT molecular complexity index is 455. The summed E-state index contributed by atoms with van der Waals surface area (Å²) < 4.78 is 7.11. The quantitative estimate of drug-likeness (QED) is 0.823. The summed E-state index contributed by atoms with van der Waals surface area (Å²) in [5.74, 6) is 0.176. The molecular formula is C13H17Br2NO3. The molecule has 1 unspecified atom stereocenters. The van der Waals surface area contributed by atoms with Crippen LogP contribution in [0.15, 0.2) is 19.6 Å². The van der Waals surface area contributed by atoms with Crippen molar-refractivity contribution in [1.82, 2.24) is 4.90 Å². The zero-order valence-corrected chi connectivity index (χ0v) is 14.0. The average molecular weight is 395 g/mol. The highest BCUT2D eigenvalue weighted by atomic mass is 79.9. The minimum atomic E-state index is -0.668. The molecule has 1 aliphatic rings. The van der Waals surface area contributed by atoms with E-state index >= 15 is 0 Å². The van der Waals surface area contributed by atoms with Gasteiger partial charge >= 0.3 is 5.97 Å². The van der Waals surface area contributed by atoms with E-state index in [1.807, 2.05) is 13.0 Å². The van der Waals surface area contributed by atoms with Gasteiger partial charge in [-0.2, -0.15) is 0 Å². The largest absolute Gasteiger partial charge is 0.481 e. The highest BCUT2D eigenvalue weighted by Gasteiger charge is 2.43. The lowest BCUT2D eigenvalue weighted by Crippen LogP contribution is -2.34. The van der Waals surface area contributed by atoms with Crippen LogP contribution in [-0.2, 0) is 11.3 Å². The van der Waals surface area contributed by atoms with Crippen LogP contribution in [0.1, 0.15) is 31.9 Å². The highest BCUT2D eigenvalue weighted by Crippen LogP contribution is 2.37. The summed E-state index contributed by atoms with van der Waals surface area (Å²) in [6.07, 6.45) is 2.36. The molecule has 0 saturated carbocycles. The summed E-state index contributed by atoms with van der Waals surface area (Å²) in [5, 5.41) is 9.46. The minimum absolute atomic E-state index is 0.574. The molecule has 4 nitrogen and oxygen atoms in total.